The van der Waals surface area contributed by atoms with E-state index in [1.165, 1.54) is 4.90 Å². The molecular weight excluding hydrogens is 639 g/mol. The summed E-state index contributed by atoms with van der Waals surface area (Å²) in [5.41, 5.74) is 15.5. The van der Waals surface area contributed by atoms with Gasteiger partial charge in [-0.2, -0.15) is 12.6 Å². The first kappa shape index (κ1) is 36.1. The molecule has 0 fully saturated rings. The molecule has 3 amide bonds. The zero-order valence-corrected chi connectivity index (χ0v) is 29.1. The number of carbonyl (C=O) groups excluding carboxylic acids is 3. The zero-order valence-electron chi connectivity index (χ0n) is 28.2. The predicted molar refractivity (Wildman–Crippen MR) is 204 cm³/mol. The minimum atomic E-state index is -2.09. The molecular formula is C43H45N3O3S. The van der Waals surface area contributed by atoms with Crippen molar-refractivity contribution in [3.8, 4) is 0 Å². The fraction of sp³-hybridized carbons (Fsp3) is 0.233. The van der Waals surface area contributed by atoms with Crippen molar-refractivity contribution < 1.29 is 14.4 Å². The number of nitrogens with zero attached hydrogens (tertiary/aromatic N) is 1. The van der Waals surface area contributed by atoms with E-state index in [1.807, 2.05) is 152 Å². The van der Waals surface area contributed by atoms with Crippen LogP contribution in [-0.2, 0) is 20.8 Å². The molecule has 0 unspecified atom stereocenters. The van der Waals surface area contributed by atoms with Gasteiger partial charge in [0.15, 0.2) is 5.54 Å². The smallest absolute Gasteiger partial charge is 0.253 e. The molecule has 0 bridgehead atoms. The lowest BCUT2D eigenvalue weighted by Crippen LogP contribution is -2.67. The standard InChI is InChI=1S/C43H45N3O3S/c44-41(48)43(42(45)49,30-28-37(33-18-8-2-9-19-33)34-20-10-3-11-21-34)46(40(47)39(50)27-26-32-16-6-1-7-17-32)31-29-38(35-22-12-4-13-23-35)36-24-14-5-15-25-36/h1-25,37-39,50H,26-31H2,(H2,44,48)(H2,45,49)/t39-/m0/s1. The first-order valence-corrected chi connectivity index (χ1v) is 17.7. The van der Waals surface area contributed by atoms with E-state index in [2.05, 4.69) is 0 Å². The Balaban J connectivity index is 1.53. The molecule has 0 heterocycles. The summed E-state index contributed by atoms with van der Waals surface area (Å²) in [6, 6.07) is 49.7. The maximum absolute atomic E-state index is 14.6. The van der Waals surface area contributed by atoms with Crippen LogP contribution in [0.15, 0.2) is 152 Å². The Morgan fingerprint density at radius 2 is 0.900 bits per heavy atom. The first-order chi connectivity index (χ1) is 24.3. The Kier molecular flexibility index (Phi) is 12.6. The van der Waals surface area contributed by atoms with Crippen molar-refractivity contribution in [1.82, 2.24) is 4.90 Å². The molecule has 0 radical (unpaired) electrons. The summed E-state index contributed by atoms with van der Waals surface area (Å²) in [7, 11) is 0. The van der Waals surface area contributed by atoms with Gasteiger partial charge in [-0.25, -0.2) is 0 Å². The second-order valence-corrected chi connectivity index (χ2v) is 13.3. The molecule has 50 heavy (non-hydrogen) atoms. The number of hydrogen-bond acceptors (Lipinski definition) is 4. The van der Waals surface area contributed by atoms with Crippen molar-refractivity contribution in [2.75, 3.05) is 6.54 Å². The Bertz CT molecular complexity index is 1710. The minimum absolute atomic E-state index is 0.0572. The average molecular weight is 684 g/mol. The van der Waals surface area contributed by atoms with Crippen LogP contribution < -0.4 is 11.5 Å². The summed E-state index contributed by atoms with van der Waals surface area (Å²) in [5, 5.41) is -0.806. The topological polar surface area (TPSA) is 106 Å². The molecule has 0 saturated carbocycles. The highest BCUT2D eigenvalue weighted by Crippen LogP contribution is 2.36. The van der Waals surface area contributed by atoms with Crippen LogP contribution >= 0.6 is 12.6 Å². The number of benzene rings is 5. The normalized spacial score (nSPS) is 12.1. The maximum Gasteiger partial charge on any atom is 0.253 e. The lowest BCUT2D eigenvalue weighted by atomic mass is 9.80. The van der Waals surface area contributed by atoms with Gasteiger partial charge in [0.1, 0.15) is 0 Å². The van der Waals surface area contributed by atoms with E-state index in [9.17, 15) is 14.4 Å². The predicted octanol–water partition coefficient (Wildman–Crippen LogP) is 7.29. The Hall–Kier alpha value is -5.14. The Labute approximate surface area is 300 Å². The summed E-state index contributed by atoms with van der Waals surface area (Å²) in [4.78, 5) is 43.5. The molecule has 0 aromatic heterocycles. The van der Waals surface area contributed by atoms with Crippen molar-refractivity contribution in [2.24, 2.45) is 11.5 Å². The van der Waals surface area contributed by atoms with Gasteiger partial charge in [0.25, 0.3) is 11.8 Å². The minimum Gasteiger partial charge on any atom is -0.367 e. The van der Waals surface area contributed by atoms with Gasteiger partial charge in [0, 0.05) is 18.4 Å². The van der Waals surface area contributed by atoms with Crippen LogP contribution in [-0.4, -0.2) is 40.0 Å². The Morgan fingerprint density at radius 1 is 0.540 bits per heavy atom. The monoisotopic (exact) mass is 683 g/mol. The van der Waals surface area contributed by atoms with Gasteiger partial charge in [-0.05, 0) is 59.9 Å². The van der Waals surface area contributed by atoms with Crippen LogP contribution in [0.3, 0.4) is 0 Å². The molecule has 6 nitrogen and oxygen atoms in total. The molecule has 0 aliphatic rings. The average Bonchev–Trinajstić information content (AvgIpc) is 3.16. The molecule has 5 aromatic rings. The molecule has 5 rings (SSSR count). The van der Waals surface area contributed by atoms with E-state index in [-0.39, 0.29) is 24.8 Å². The van der Waals surface area contributed by atoms with Gasteiger partial charge in [-0.15, -0.1) is 0 Å². The molecule has 7 heteroatoms. The van der Waals surface area contributed by atoms with E-state index in [4.69, 9.17) is 24.1 Å². The molecule has 5 aromatic carbocycles. The van der Waals surface area contributed by atoms with E-state index >= 15 is 0 Å². The number of amides is 3. The van der Waals surface area contributed by atoms with Crippen LogP contribution in [0.1, 0.15) is 65.3 Å². The summed E-state index contributed by atoms with van der Waals surface area (Å²) in [6.45, 7) is 0.0584. The second kappa shape index (κ2) is 17.5. The van der Waals surface area contributed by atoms with Crippen molar-refractivity contribution in [3.05, 3.63) is 179 Å². The number of aryl methyl sites for hydroxylation is 1. The number of nitrogens with two attached hydrogens (primary N) is 2. The fourth-order valence-corrected chi connectivity index (χ4v) is 7.18. The van der Waals surface area contributed by atoms with Gasteiger partial charge in [-0.3, -0.25) is 14.4 Å². The fourth-order valence-electron chi connectivity index (χ4n) is 6.91. The van der Waals surface area contributed by atoms with Crippen molar-refractivity contribution in [1.29, 1.82) is 0 Å². The highest BCUT2D eigenvalue weighted by atomic mass is 32.1. The largest absolute Gasteiger partial charge is 0.367 e. The zero-order chi connectivity index (χ0) is 35.3. The number of carbonyl (C=O) groups is 3. The third-order valence-electron chi connectivity index (χ3n) is 9.62. The van der Waals surface area contributed by atoms with Gasteiger partial charge < -0.3 is 16.4 Å². The SMILES string of the molecule is NC(=O)C(CCC(c1ccccc1)c1ccccc1)(C(N)=O)N(CCC(c1ccccc1)c1ccccc1)C(=O)[C@@H](S)CCc1ccccc1. The summed E-state index contributed by atoms with van der Waals surface area (Å²) < 4.78 is 0. The van der Waals surface area contributed by atoms with Crippen LogP contribution in [0.25, 0.3) is 0 Å². The van der Waals surface area contributed by atoms with Gasteiger partial charge in [0.2, 0.25) is 5.91 Å². The third-order valence-corrected chi connectivity index (χ3v) is 10.1. The summed E-state index contributed by atoms with van der Waals surface area (Å²) in [5.74, 6) is -2.65. The van der Waals surface area contributed by atoms with Crippen LogP contribution in [0.2, 0.25) is 0 Å². The highest BCUT2D eigenvalue weighted by molar-refractivity contribution is 7.81. The summed E-state index contributed by atoms with van der Waals surface area (Å²) >= 11 is 4.78. The van der Waals surface area contributed by atoms with Gasteiger partial charge >= 0.3 is 0 Å². The first-order valence-electron chi connectivity index (χ1n) is 17.1. The lowest BCUT2D eigenvalue weighted by Gasteiger charge is -2.41. The number of primary amides is 2. The van der Waals surface area contributed by atoms with E-state index < -0.39 is 28.5 Å². The Morgan fingerprint density at radius 3 is 1.28 bits per heavy atom. The molecule has 0 aliphatic heterocycles. The van der Waals surface area contributed by atoms with Crippen molar-refractivity contribution >= 4 is 30.4 Å². The van der Waals surface area contributed by atoms with E-state index in [0.29, 0.717) is 25.7 Å². The number of hydrogen-bond donors (Lipinski definition) is 3. The lowest BCUT2D eigenvalue weighted by molar-refractivity contribution is -0.154. The quantitative estimate of drug-likeness (QED) is 0.0708. The number of thiol groups is 1. The maximum atomic E-state index is 14.6. The van der Waals surface area contributed by atoms with Crippen molar-refractivity contribution in [3.63, 3.8) is 0 Å². The van der Waals surface area contributed by atoms with Gasteiger partial charge in [0.05, 0.1) is 5.25 Å². The van der Waals surface area contributed by atoms with Crippen LogP contribution in [0, 0.1) is 0 Å². The van der Waals surface area contributed by atoms with Gasteiger partial charge in [-0.1, -0.05) is 152 Å². The molecule has 256 valence electrons. The molecule has 4 N–H and O–H groups in total. The number of rotatable bonds is 17. The molecule has 0 spiro atoms. The van der Waals surface area contributed by atoms with Crippen LogP contribution in [0.4, 0.5) is 0 Å². The summed E-state index contributed by atoms with van der Waals surface area (Å²) in [6.07, 6.45) is 1.69. The van der Waals surface area contributed by atoms with E-state index in [0.717, 1.165) is 27.8 Å². The second-order valence-electron chi connectivity index (χ2n) is 12.7. The van der Waals surface area contributed by atoms with E-state index in [1.54, 1.807) is 0 Å². The highest BCUT2D eigenvalue weighted by Gasteiger charge is 2.51. The molecule has 0 saturated heterocycles. The molecule has 0 aliphatic carbocycles. The molecule has 1 atom stereocenters. The van der Waals surface area contributed by atoms with Crippen molar-refractivity contribution in [2.45, 2.75) is 54.7 Å². The third kappa shape index (κ3) is 8.71. The van der Waals surface area contributed by atoms with Crippen LogP contribution in [0.5, 0.6) is 0 Å².